The summed E-state index contributed by atoms with van der Waals surface area (Å²) in [6.45, 7) is 3.34. The number of ketones is 1. The summed E-state index contributed by atoms with van der Waals surface area (Å²) < 4.78 is 5.43. The van der Waals surface area contributed by atoms with Crippen LogP contribution in [0.2, 0.25) is 0 Å². The smallest absolute Gasteiger partial charge is 0.277 e. The minimum Gasteiger partial charge on any atom is -0.378 e. The summed E-state index contributed by atoms with van der Waals surface area (Å²) in [6.07, 6.45) is 5.17. The average molecular weight is 475 g/mol. The van der Waals surface area contributed by atoms with Crippen molar-refractivity contribution in [1.82, 2.24) is 9.97 Å². The Balaban J connectivity index is 1.31. The Morgan fingerprint density at radius 3 is 2.71 bits per heavy atom. The van der Waals surface area contributed by atoms with E-state index in [0.717, 1.165) is 45.5 Å². The van der Waals surface area contributed by atoms with Crippen LogP contribution in [0.25, 0.3) is 10.4 Å². The van der Waals surface area contributed by atoms with Gasteiger partial charge in [-0.2, -0.15) is 0 Å². The fourth-order valence-corrected chi connectivity index (χ4v) is 5.89. The molecule has 0 N–H and O–H groups in total. The van der Waals surface area contributed by atoms with E-state index in [0.29, 0.717) is 44.2 Å². The number of carbonyl (C=O) groups excluding carboxylic acids is 2. The summed E-state index contributed by atoms with van der Waals surface area (Å²) in [5.74, 6) is 1.44. The molecule has 1 saturated carbocycles. The standard InChI is InChI=1S/C26H26N4O3S/c31-22(13-17-5-6-17)23-14-18-7-8-30(21-4-2-1-3-19(21)25(18)34-23)26(32)20-15-24(28-16-27-20)29-9-11-33-12-10-29/h1-4,14-17H,5-13H2. The number of anilines is 2. The minimum absolute atomic E-state index is 0.135. The van der Waals surface area contributed by atoms with Crippen LogP contribution in [0.1, 0.15) is 45.0 Å². The second kappa shape index (κ2) is 8.92. The molecule has 1 amide bonds. The van der Waals surface area contributed by atoms with E-state index >= 15 is 0 Å². The van der Waals surface area contributed by atoms with Gasteiger partial charge in [0, 0.05) is 42.6 Å². The molecule has 0 bridgehead atoms. The number of morpholine rings is 1. The Morgan fingerprint density at radius 2 is 1.88 bits per heavy atom. The highest BCUT2D eigenvalue weighted by molar-refractivity contribution is 7.17. The van der Waals surface area contributed by atoms with Gasteiger partial charge in [0.2, 0.25) is 0 Å². The molecule has 2 aliphatic heterocycles. The molecular formula is C26H26N4O3S. The van der Waals surface area contributed by atoms with Crippen LogP contribution in [0.3, 0.4) is 0 Å². The maximum Gasteiger partial charge on any atom is 0.277 e. The van der Waals surface area contributed by atoms with Gasteiger partial charge in [-0.05, 0) is 42.9 Å². The number of nitrogens with zero attached hydrogens (tertiary/aromatic N) is 4. The Kier molecular flexibility index (Phi) is 5.63. The zero-order valence-corrected chi connectivity index (χ0v) is 19.7. The maximum absolute atomic E-state index is 13.7. The van der Waals surface area contributed by atoms with Gasteiger partial charge >= 0.3 is 0 Å². The van der Waals surface area contributed by atoms with Gasteiger partial charge in [0.05, 0.1) is 23.8 Å². The molecule has 3 aromatic rings. The summed E-state index contributed by atoms with van der Waals surface area (Å²) >= 11 is 1.57. The number of aromatic nitrogens is 2. The fourth-order valence-electron chi connectivity index (χ4n) is 4.70. The first-order chi connectivity index (χ1) is 16.7. The van der Waals surface area contributed by atoms with E-state index in [2.05, 4.69) is 20.9 Å². The van der Waals surface area contributed by atoms with Gasteiger partial charge in [0.1, 0.15) is 17.8 Å². The molecule has 0 radical (unpaired) electrons. The summed E-state index contributed by atoms with van der Waals surface area (Å²) in [5.41, 5.74) is 3.39. The highest BCUT2D eigenvalue weighted by Gasteiger charge is 2.30. The lowest BCUT2D eigenvalue weighted by Gasteiger charge is -2.28. The molecule has 0 spiro atoms. The summed E-state index contributed by atoms with van der Waals surface area (Å²) in [6, 6.07) is 11.8. The van der Waals surface area contributed by atoms with E-state index in [1.165, 1.54) is 19.2 Å². The molecule has 34 heavy (non-hydrogen) atoms. The van der Waals surface area contributed by atoms with Crippen molar-refractivity contribution in [3.63, 3.8) is 0 Å². The van der Waals surface area contributed by atoms with Crippen LogP contribution in [0.5, 0.6) is 0 Å². The predicted octanol–water partition coefficient (Wildman–Crippen LogP) is 4.23. The highest BCUT2D eigenvalue weighted by Crippen LogP contribution is 2.43. The van der Waals surface area contributed by atoms with Crippen molar-refractivity contribution in [2.75, 3.05) is 42.6 Å². The maximum atomic E-state index is 13.7. The minimum atomic E-state index is -0.135. The lowest BCUT2D eigenvalue weighted by molar-refractivity contribution is 0.0972. The Hall–Kier alpha value is -3.10. The van der Waals surface area contributed by atoms with Crippen LogP contribution >= 0.6 is 11.3 Å². The summed E-state index contributed by atoms with van der Waals surface area (Å²) in [4.78, 5) is 41.0. The van der Waals surface area contributed by atoms with Crippen molar-refractivity contribution < 1.29 is 14.3 Å². The SMILES string of the molecule is O=C(CC1CC1)c1cc2c(s1)-c1ccccc1N(C(=O)c1cc(N3CCOCC3)ncn1)CC2. The number of rotatable bonds is 5. The van der Waals surface area contributed by atoms with E-state index in [4.69, 9.17) is 4.74 Å². The van der Waals surface area contributed by atoms with Crippen LogP contribution in [-0.2, 0) is 11.2 Å². The van der Waals surface area contributed by atoms with Crippen LogP contribution in [0.4, 0.5) is 11.5 Å². The molecule has 2 aromatic heterocycles. The number of amides is 1. The average Bonchev–Trinajstić information content (AvgIpc) is 3.63. The van der Waals surface area contributed by atoms with Gasteiger partial charge in [-0.1, -0.05) is 18.2 Å². The van der Waals surface area contributed by atoms with E-state index < -0.39 is 0 Å². The van der Waals surface area contributed by atoms with Crippen molar-refractivity contribution in [3.05, 3.63) is 58.9 Å². The first-order valence-corrected chi connectivity index (χ1v) is 12.7. The van der Waals surface area contributed by atoms with Crippen molar-refractivity contribution in [2.24, 2.45) is 5.92 Å². The molecule has 6 rings (SSSR count). The number of Topliss-reactive ketones (excluding diaryl/α,β-unsaturated/α-hetero) is 1. The molecular weight excluding hydrogens is 448 g/mol. The molecule has 8 heteroatoms. The van der Waals surface area contributed by atoms with Crippen molar-refractivity contribution in [2.45, 2.75) is 25.7 Å². The lowest BCUT2D eigenvalue weighted by Crippen LogP contribution is -2.37. The van der Waals surface area contributed by atoms with Crippen LogP contribution < -0.4 is 9.80 Å². The Labute approximate surface area is 202 Å². The van der Waals surface area contributed by atoms with E-state index in [-0.39, 0.29) is 11.7 Å². The molecule has 174 valence electrons. The highest BCUT2D eigenvalue weighted by atomic mass is 32.1. The number of para-hydroxylation sites is 1. The van der Waals surface area contributed by atoms with Gasteiger partial charge in [0.25, 0.3) is 5.91 Å². The molecule has 0 unspecified atom stereocenters. The number of hydrogen-bond acceptors (Lipinski definition) is 7. The van der Waals surface area contributed by atoms with Gasteiger partial charge in [0.15, 0.2) is 5.78 Å². The zero-order chi connectivity index (χ0) is 23.1. The number of carbonyl (C=O) groups is 2. The van der Waals surface area contributed by atoms with Crippen LogP contribution in [-0.4, -0.2) is 54.5 Å². The predicted molar refractivity (Wildman–Crippen MR) is 132 cm³/mol. The fraction of sp³-hybridized carbons (Fsp3) is 0.385. The lowest BCUT2D eigenvalue weighted by atomic mass is 10.1. The molecule has 1 aromatic carbocycles. The largest absolute Gasteiger partial charge is 0.378 e. The summed E-state index contributed by atoms with van der Waals surface area (Å²) in [5, 5.41) is 0. The monoisotopic (exact) mass is 474 g/mol. The second-order valence-corrected chi connectivity index (χ2v) is 10.2. The summed E-state index contributed by atoms with van der Waals surface area (Å²) in [7, 11) is 0. The Bertz CT molecular complexity index is 1250. The third-order valence-electron chi connectivity index (χ3n) is 6.75. The number of benzene rings is 1. The molecule has 7 nitrogen and oxygen atoms in total. The van der Waals surface area contributed by atoms with Gasteiger partial charge in [-0.3, -0.25) is 9.59 Å². The van der Waals surface area contributed by atoms with E-state index in [1.807, 2.05) is 29.2 Å². The van der Waals surface area contributed by atoms with Crippen molar-refractivity contribution in [1.29, 1.82) is 0 Å². The number of hydrogen-bond donors (Lipinski definition) is 0. The van der Waals surface area contributed by atoms with E-state index in [1.54, 1.807) is 17.4 Å². The normalized spacial score (nSPS) is 17.6. The van der Waals surface area contributed by atoms with E-state index in [9.17, 15) is 9.59 Å². The number of thiophene rings is 1. The number of ether oxygens (including phenoxy) is 1. The molecule has 1 saturated heterocycles. The van der Waals surface area contributed by atoms with Gasteiger partial charge < -0.3 is 14.5 Å². The first kappa shape index (κ1) is 21.4. The second-order valence-electron chi connectivity index (χ2n) is 9.12. The third kappa shape index (κ3) is 4.12. The van der Waals surface area contributed by atoms with Crippen LogP contribution in [0, 0.1) is 5.92 Å². The molecule has 2 fully saturated rings. The number of fused-ring (bicyclic) bond motifs is 3. The van der Waals surface area contributed by atoms with Crippen LogP contribution in [0.15, 0.2) is 42.7 Å². The van der Waals surface area contributed by atoms with Crippen molar-refractivity contribution in [3.8, 4) is 10.4 Å². The molecule has 0 atom stereocenters. The molecule has 3 aliphatic rings. The topological polar surface area (TPSA) is 75.6 Å². The van der Waals surface area contributed by atoms with Gasteiger partial charge in [-0.25, -0.2) is 9.97 Å². The quantitative estimate of drug-likeness (QED) is 0.515. The molecule has 4 heterocycles. The third-order valence-corrected chi connectivity index (χ3v) is 8.00. The Morgan fingerprint density at radius 1 is 1.06 bits per heavy atom. The molecule has 1 aliphatic carbocycles. The first-order valence-electron chi connectivity index (χ1n) is 11.9. The van der Waals surface area contributed by atoms with Crippen molar-refractivity contribution >= 4 is 34.5 Å². The van der Waals surface area contributed by atoms with Gasteiger partial charge in [-0.15, -0.1) is 11.3 Å². The zero-order valence-electron chi connectivity index (χ0n) is 18.9.